The van der Waals surface area contributed by atoms with Crippen LogP contribution in [0.1, 0.15) is 18.0 Å². The number of nitrogens with one attached hydrogen (secondary N) is 2. The number of carbonyl (C=O) groups excluding carboxylic acids is 2. The van der Waals surface area contributed by atoms with Gasteiger partial charge in [0.1, 0.15) is 6.04 Å². The highest BCUT2D eigenvalue weighted by atomic mass is 16.2. The van der Waals surface area contributed by atoms with Gasteiger partial charge < -0.3 is 11.1 Å². The molecule has 0 aliphatic rings. The number of hydrogen-bond acceptors (Lipinski definition) is 4. The van der Waals surface area contributed by atoms with Crippen LogP contribution in [0.3, 0.4) is 0 Å². The quantitative estimate of drug-likeness (QED) is 0.584. The molecule has 8 heteroatoms. The van der Waals surface area contributed by atoms with Crippen LogP contribution in [0.25, 0.3) is 10.8 Å². The van der Waals surface area contributed by atoms with Crippen LogP contribution in [-0.2, 0) is 16.1 Å². The van der Waals surface area contributed by atoms with Crippen LogP contribution in [0, 0.1) is 0 Å². The van der Waals surface area contributed by atoms with Gasteiger partial charge in [-0.2, -0.15) is 0 Å². The molecule has 0 radical (unpaired) electrons. The third kappa shape index (κ3) is 3.95. The first kappa shape index (κ1) is 18.1. The molecule has 0 aliphatic carbocycles. The number of primary amides is 1. The number of nitrogens with two attached hydrogens (primary N) is 1. The molecule has 2 amide bonds. The van der Waals surface area contributed by atoms with Crippen molar-refractivity contribution < 1.29 is 9.59 Å². The minimum Gasteiger partial charge on any atom is -0.368 e. The Kier molecular flexibility index (Phi) is 5.16. The molecule has 4 N–H and O–H groups in total. The number of aromatic nitrogens is 2. The van der Waals surface area contributed by atoms with Crippen LogP contribution in [0.4, 0.5) is 0 Å². The second kappa shape index (κ2) is 7.69. The maximum absolute atomic E-state index is 12.4. The van der Waals surface area contributed by atoms with Crippen molar-refractivity contribution in [2.45, 2.75) is 19.0 Å². The summed E-state index contributed by atoms with van der Waals surface area (Å²) in [5.41, 5.74) is 5.13. The van der Waals surface area contributed by atoms with Crippen molar-refractivity contribution in [1.82, 2.24) is 15.1 Å². The first-order valence-electron chi connectivity index (χ1n) is 8.33. The van der Waals surface area contributed by atoms with E-state index in [1.165, 1.54) is 0 Å². The largest absolute Gasteiger partial charge is 0.368 e. The fourth-order valence-corrected chi connectivity index (χ4v) is 2.81. The van der Waals surface area contributed by atoms with Gasteiger partial charge in [0, 0.05) is 6.42 Å². The van der Waals surface area contributed by atoms with Gasteiger partial charge in [-0.3, -0.25) is 24.3 Å². The van der Waals surface area contributed by atoms with Crippen molar-refractivity contribution in [3.05, 3.63) is 80.9 Å². The fourth-order valence-electron chi connectivity index (χ4n) is 2.81. The van der Waals surface area contributed by atoms with Crippen molar-refractivity contribution in [1.29, 1.82) is 0 Å². The molecule has 27 heavy (non-hydrogen) atoms. The number of benzene rings is 2. The number of H-pyrrole nitrogens is 1. The van der Waals surface area contributed by atoms with E-state index in [2.05, 4.69) is 10.4 Å². The second-order valence-corrected chi connectivity index (χ2v) is 6.01. The van der Waals surface area contributed by atoms with Crippen molar-refractivity contribution >= 4 is 22.6 Å². The molecular weight excluding hydrogens is 348 g/mol. The molecule has 138 valence electrons. The Hall–Kier alpha value is -3.68. The van der Waals surface area contributed by atoms with Gasteiger partial charge >= 0.3 is 0 Å². The first-order valence-corrected chi connectivity index (χ1v) is 8.33. The third-order valence-corrected chi connectivity index (χ3v) is 4.17. The normalized spacial score (nSPS) is 11.9. The highest BCUT2D eigenvalue weighted by Crippen LogP contribution is 2.12. The smallest absolute Gasteiger partial charge is 0.273 e. The summed E-state index contributed by atoms with van der Waals surface area (Å²) in [6.07, 6.45) is -0.106. The fraction of sp³-hybridized carbons (Fsp3) is 0.158. The van der Waals surface area contributed by atoms with E-state index in [-0.39, 0.29) is 18.4 Å². The molecule has 0 bridgehead atoms. The summed E-state index contributed by atoms with van der Waals surface area (Å²) in [6, 6.07) is 14.1. The summed E-state index contributed by atoms with van der Waals surface area (Å²) in [4.78, 5) is 48.4. The zero-order chi connectivity index (χ0) is 19.4. The maximum Gasteiger partial charge on any atom is 0.273 e. The number of aromatic amines is 1. The molecule has 0 aliphatic heterocycles. The molecule has 3 rings (SSSR count). The number of hydrogen-bond donors (Lipinski definition) is 3. The van der Waals surface area contributed by atoms with E-state index < -0.39 is 29.0 Å². The molecule has 0 saturated heterocycles. The number of nitrogens with zero attached hydrogens (tertiary/aromatic N) is 1. The van der Waals surface area contributed by atoms with E-state index in [0.717, 1.165) is 4.68 Å². The Bertz CT molecular complexity index is 1100. The molecule has 1 aromatic heterocycles. The zero-order valence-corrected chi connectivity index (χ0v) is 14.3. The van der Waals surface area contributed by atoms with Crippen LogP contribution in [-0.4, -0.2) is 21.6 Å². The second-order valence-electron chi connectivity index (χ2n) is 6.01. The van der Waals surface area contributed by atoms with Gasteiger partial charge in [-0.1, -0.05) is 42.5 Å². The van der Waals surface area contributed by atoms with Crippen molar-refractivity contribution in [2.24, 2.45) is 5.73 Å². The average molecular weight is 366 g/mol. The van der Waals surface area contributed by atoms with E-state index in [0.29, 0.717) is 10.9 Å². The van der Waals surface area contributed by atoms with Crippen LogP contribution in [0.2, 0.25) is 0 Å². The van der Waals surface area contributed by atoms with E-state index in [4.69, 9.17) is 5.73 Å². The van der Waals surface area contributed by atoms with Crippen molar-refractivity contribution in [2.75, 3.05) is 0 Å². The minimum absolute atomic E-state index is 0.0367. The van der Waals surface area contributed by atoms with Gasteiger partial charge in [-0.05, 0) is 17.7 Å². The standard InChI is InChI=1S/C19H18N4O4/c20-17(25)16(12-6-2-1-3-7-12)21-15(24)10-11-23-19(27)14-9-5-4-8-13(14)18(26)22-23/h1-9,16H,10-11H2,(H2,20,25)(H,21,24)(H,22,26). The predicted octanol–water partition coefficient (Wildman–Crippen LogP) is 0.423. The van der Waals surface area contributed by atoms with Crippen LogP contribution >= 0.6 is 0 Å². The summed E-state index contributed by atoms with van der Waals surface area (Å²) in [5, 5.41) is 5.58. The molecule has 3 aromatic rings. The van der Waals surface area contributed by atoms with Gasteiger partial charge in [0.25, 0.3) is 11.1 Å². The molecule has 0 saturated carbocycles. The lowest BCUT2D eigenvalue weighted by molar-refractivity contribution is -0.127. The van der Waals surface area contributed by atoms with Crippen LogP contribution in [0.5, 0.6) is 0 Å². The van der Waals surface area contributed by atoms with E-state index in [9.17, 15) is 19.2 Å². The minimum atomic E-state index is -0.967. The van der Waals surface area contributed by atoms with Gasteiger partial charge in [0.05, 0.1) is 17.3 Å². The van der Waals surface area contributed by atoms with Gasteiger partial charge in [0.15, 0.2) is 0 Å². The number of fused-ring (bicyclic) bond motifs is 1. The first-order chi connectivity index (χ1) is 13.0. The number of rotatable bonds is 6. The number of aryl methyl sites for hydroxylation is 1. The molecule has 0 fully saturated rings. The summed E-state index contributed by atoms with van der Waals surface area (Å²) in [6.45, 7) is -0.0367. The lowest BCUT2D eigenvalue weighted by Gasteiger charge is -2.16. The molecule has 2 aromatic carbocycles. The summed E-state index contributed by atoms with van der Waals surface area (Å²) < 4.78 is 1.09. The van der Waals surface area contributed by atoms with E-state index in [1.807, 2.05) is 0 Å². The Morgan fingerprint density at radius 3 is 2.30 bits per heavy atom. The monoisotopic (exact) mass is 366 g/mol. The lowest BCUT2D eigenvalue weighted by Crippen LogP contribution is -2.38. The van der Waals surface area contributed by atoms with Crippen LogP contribution < -0.4 is 22.2 Å². The molecule has 1 atom stereocenters. The third-order valence-electron chi connectivity index (χ3n) is 4.17. The van der Waals surface area contributed by atoms with Gasteiger partial charge in [-0.15, -0.1) is 0 Å². The lowest BCUT2D eigenvalue weighted by atomic mass is 10.1. The van der Waals surface area contributed by atoms with E-state index in [1.54, 1.807) is 54.6 Å². The highest BCUT2D eigenvalue weighted by Gasteiger charge is 2.20. The molecular formula is C19H18N4O4. The number of carbonyl (C=O) groups is 2. The summed E-state index contributed by atoms with van der Waals surface area (Å²) in [5.74, 6) is -1.16. The zero-order valence-electron chi connectivity index (χ0n) is 14.3. The van der Waals surface area contributed by atoms with Crippen molar-refractivity contribution in [3.63, 3.8) is 0 Å². The molecule has 1 unspecified atom stereocenters. The van der Waals surface area contributed by atoms with Crippen LogP contribution in [0.15, 0.2) is 64.2 Å². The average Bonchev–Trinajstić information content (AvgIpc) is 2.68. The summed E-state index contributed by atoms with van der Waals surface area (Å²) >= 11 is 0. The van der Waals surface area contributed by atoms with Gasteiger partial charge in [-0.25, -0.2) is 4.68 Å². The molecule has 0 spiro atoms. The Morgan fingerprint density at radius 2 is 1.63 bits per heavy atom. The SMILES string of the molecule is NC(=O)C(NC(=O)CCn1[nH]c(=O)c2ccccc2c1=O)c1ccccc1. The Morgan fingerprint density at radius 1 is 1.00 bits per heavy atom. The molecule has 8 nitrogen and oxygen atoms in total. The topological polar surface area (TPSA) is 127 Å². The molecule has 1 heterocycles. The van der Waals surface area contributed by atoms with Crippen molar-refractivity contribution in [3.8, 4) is 0 Å². The predicted molar refractivity (Wildman–Crippen MR) is 100.0 cm³/mol. The number of amides is 2. The maximum atomic E-state index is 12.4. The summed E-state index contributed by atoms with van der Waals surface area (Å²) in [7, 11) is 0. The Labute approximate surface area is 153 Å². The highest BCUT2D eigenvalue weighted by molar-refractivity contribution is 5.87. The van der Waals surface area contributed by atoms with Gasteiger partial charge in [0.2, 0.25) is 11.8 Å². The Balaban J connectivity index is 1.75. The van der Waals surface area contributed by atoms with E-state index >= 15 is 0 Å².